The number of hydrogen-bond donors (Lipinski definition) is 0. The summed E-state index contributed by atoms with van der Waals surface area (Å²) in [6.45, 7) is 7.81. The third kappa shape index (κ3) is 4.27. The summed E-state index contributed by atoms with van der Waals surface area (Å²) in [6, 6.07) is 19.7. The molecule has 28 heavy (non-hydrogen) atoms. The molecule has 2 amide bonds. The Balaban J connectivity index is 1.92. The molecule has 2 aromatic carbocycles. The van der Waals surface area contributed by atoms with Crippen molar-refractivity contribution in [3.63, 3.8) is 0 Å². The van der Waals surface area contributed by atoms with Crippen molar-refractivity contribution in [1.29, 1.82) is 0 Å². The number of carbonyl (C=O) groups excluding carboxylic acids is 2. The maximum absolute atomic E-state index is 13.6. The van der Waals surface area contributed by atoms with E-state index in [4.69, 9.17) is 4.74 Å². The van der Waals surface area contributed by atoms with Crippen LogP contribution in [0.15, 0.2) is 60.7 Å². The Kier molecular flexibility index (Phi) is 5.87. The van der Waals surface area contributed by atoms with Gasteiger partial charge >= 0.3 is 6.09 Å². The molecule has 0 aromatic heterocycles. The van der Waals surface area contributed by atoms with E-state index in [9.17, 15) is 9.59 Å². The third-order valence-electron chi connectivity index (χ3n) is 5.41. The van der Waals surface area contributed by atoms with E-state index in [1.165, 1.54) is 4.90 Å². The van der Waals surface area contributed by atoms with Crippen molar-refractivity contribution in [2.75, 3.05) is 0 Å². The minimum atomic E-state index is -0.690. The van der Waals surface area contributed by atoms with Gasteiger partial charge in [0.1, 0.15) is 5.60 Å². The average Bonchev–Trinajstić information content (AvgIpc) is 2.90. The number of imide groups is 1. The van der Waals surface area contributed by atoms with Gasteiger partial charge in [0.15, 0.2) is 0 Å². The summed E-state index contributed by atoms with van der Waals surface area (Å²) < 4.78 is 5.57. The monoisotopic (exact) mass is 379 g/mol. The van der Waals surface area contributed by atoms with Crippen LogP contribution in [0.2, 0.25) is 0 Å². The summed E-state index contributed by atoms with van der Waals surface area (Å²) in [5, 5.41) is 0. The van der Waals surface area contributed by atoms with Crippen LogP contribution < -0.4 is 0 Å². The van der Waals surface area contributed by atoms with Gasteiger partial charge in [0.05, 0.1) is 6.04 Å². The third-order valence-corrected chi connectivity index (χ3v) is 5.41. The van der Waals surface area contributed by atoms with Crippen molar-refractivity contribution < 1.29 is 14.3 Å². The lowest BCUT2D eigenvalue weighted by molar-refractivity contribution is -0.134. The summed E-state index contributed by atoms with van der Waals surface area (Å²) in [7, 11) is 0. The molecule has 1 atom stereocenters. The molecular weight excluding hydrogens is 350 g/mol. The minimum Gasteiger partial charge on any atom is -0.441 e. The molecular formula is C24H29NO3. The largest absolute Gasteiger partial charge is 0.441 e. The highest BCUT2D eigenvalue weighted by Gasteiger charge is 2.52. The zero-order valence-electron chi connectivity index (χ0n) is 17.1. The molecule has 0 bridgehead atoms. The second-order valence-electron chi connectivity index (χ2n) is 8.44. The molecule has 4 nitrogen and oxygen atoms in total. The Morgan fingerprint density at radius 1 is 0.964 bits per heavy atom. The van der Waals surface area contributed by atoms with E-state index in [-0.39, 0.29) is 23.8 Å². The number of ether oxygens (including phenoxy) is 1. The SMILES string of the molecule is CC(C)[C@@H]1N(C(=O)C(Cc2ccccc2)Cc2ccccc2)C(=O)OC1(C)C. The fourth-order valence-corrected chi connectivity index (χ4v) is 4.33. The van der Waals surface area contributed by atoms with Crippen molar-refractivity contribution >= 4 is 12.0 Å². The molecule has 2 aromatic rings. The summed E-state index contributed by atoms with van der Waals surface area (Å²) in [4.78, 5) is 27.6. The van der Waals surface area contributed by atoms with Crippen molar-refractivity contribution in [3.05, 3.63) is 71.8 Å². The highest BCUT2D eigenvalue weighted by atomic mass is 16.6. The number of amides is 2. The molecule has 0 radical (unpaired) electrons. The number of nitrogens with zero attached hydrogens (tertiary/aromatic N) is 1. The summed E-state index contributed by atoms with van der Waals surface area (Å²) in [5.41, 5.74) is 1.49. The molecule has 0 N–H and O–H groups in total. The fourth-order valence-electron chi connectivity index (χ4n) is 4.33. The van der Waals surface area contributed by atoms with E-state index in [1.54, 1.807) is 0 Å². The van der Waals surface area contributed by atoms with Crippen LogP contribution in [-0.2, 0) is 22.4 Å². The Hall–Kier alpha value is -2.62. The van der Waals surface area contributed by atoms with Gasteiger partial charge in [0, 0.05) is 5.92 Å². The van der Waals surface area contributed by atoms with Crippen LogP contribution >= 0.6 is 0 Å². The molecule has 148 valence electrons. The predicted molar refractivity (Wildman–Crippen MR) is 110 cm³/mol. The fraction of sp³-hybridized carbons (Fsp3) is 0.417. The first-order valence-electron chi connectivity index (χ1n) is 9.93. The minimum absolute atomic E-state index is 0.111. The first-order chi connectivity index (χ1) is 13.3. The van der Waals surface area contributed by atoms with Gasteiger partial charge in [-0.3, -0.25) is 4.79 Å². The van der Waals surface area contributed by atoms with Crippen molar-refractivity contribution in [2.45, 2.75) is 52.2 Å². The molecule has 0 unspecified atom stereocenters. The lowest BCUT2D eigenvalue weighted by atomic mass is 9.86. The quantitative estimate of drug-likeness (QED) is 0.719. The smallest absolute Gasteiger partial charge is 0.417 e. The molecule has 1 saturated heterocycles. The topological polar surface area (TPSA) is 46.6 Å². The van der Waals surface area contributed by atoms with Gasteiger partial charge in [-0.05, 0) is 43.7 Å². The van der Waals surface area contributed by atoms with Gasteiger partial charge in [0.25, 0.3) is 0 Å². The molecule has 0 spiro atoms. The Morgan fingerprint density at radius 2 is 1.43 bits per heavy atom. The van der Waals surface area contributed by atoms with E-state index < -0.39 is 11.7 Å². The second kappa shape index (κ2) is 8.17. The molecule has 1 aliphatic heterocycles. The standard InChI is InChI=1S/C24H29NO3/c1-17(2)21-24(3,4)28-23(27)25(21)22(26)20(15-18-11-7-5-8-12-18)16-19-13-9-6-10-14-19/h5-14,17,20-21H,15-16H2,1-4H3/t21-/m0/s1. The van der Waals surface area contributed by atoms with Gasteiger partial charge in [-0.2, -0.15) is 0 Å². The van der Waals surface area contributed by atoms with Gasteiger partial charge in [-0.15, -0.1) is 0 Å². The number of rotatable bonds is 6. The summed E-state index contributed by atoms with van der Waals surface area (Å²) in [6.07, 6.45) is 0.646. The first-order valence-corrected chi connectivity index (χ1v) is 9.93. The highest BCUT2D eigenvalue weighted by molar-refractivity contribution is 5.95. The molecule has 1 fully saturated rings. The Morgan fingerprint density at radius 3 is 1.86 bits per heavy atom. The lowest BCUT2D eigenvalue weighted by Crippen LogP contribution is -2.50. The van der Waals surface area contributed by atoms with E-state index in [0.29, 0.717) is 12.8 Å². The molecule has 0 saturated carbocycles. The van der Waals surface area contributed by atoms with Gasteiger partial charge in [0.2, 0.25) is 5.91 Å². The lowest BCUT2D eigenvalue weighted by Gasteiger charge is -2.32. The van der Waals surface area contributed by atoms with Gasteiger partial charge in [-0.1, -0.05) is 74.5 Å². The van der Waals surface area contributed by atoms with E-state index in [1.807, 2.05) is 88.4 Å². The maximum atomic E-state index is 13.6. The average molecular weight is 380 g/mol. The normalized spacial score (nSPS) is 18.6. The maximum Gasteiger partial charge on any atom is 0.417 e. The molecule has 1 aliphatic rings. The van der Waals surface area contributed by atoms with Crippen molar-refractivity contribution in [1.82, 2.24) is 4.90 Å². The predicted octanol–water partition coefficient (Wildman–Crippen LogP) is 4.87. The van der Waals surface area contributed by atoms with E-state index in [2.05, 4.69) is 0 Å². The summed E-state index contributed by atoms with van der Waals surface area (Å²) in [5.74, 6) is -0.367. The van der Waals surface area contributed by atoms with E-state index >= 15 is 0 Å². The van der Waals surface area contributed by atoms with E-state index in [0.717, 1.165) is 11.1 Å². The molecule has 3 rings (SSSR count). The molecule has 0 aliphatic carbocycles. The Labute approximate surface area is 167 Å². The van der Waals surface area contributed by atoms with Crippen LogP contribution in [0.4, 0.5) is 4.79 Å². The first kappa shape index (κ1) is 20.1. The van der Waals surface area contributed by atoms with Crippen LogP contribution in [0.5, 0.6) is 0 Å². The Bertz CT molecular complexity index is 773. The number of cyclic esters (lactones) is 1. The van der Waals surface area contributed by atoms with Crippen molar-refractivity contribution in [3.8, 4) is 0 Å². The highest BCUT2D eigenvalue weighted by Crippen LogP contribution is 2.35. The number of hydrogen-bond acceptors (Lipinski definition) is 3. The van der Waals surface area contributed by atoms with Crippen LogP contribution in [-0.4, -0.2) is 28.5 Å². The number of benzene rings is 2. The van der Waals surface area contributed by atoms with Crippen LogP contribution in [0, 0.1) is 11.8 Å². The van der Waals surface area contributed by atoms with Crippen LogP contribution in [0.1, 0.15) is 38.8 Å². The van der Waals surface area contributed by atoms with Gasteiger partial charge in [-0.25, -0.2) is 9.69 Å². The second-order valence-corrected chi connectivity index (χ2v) is 8.44. The van der Waals surface area contributed by atoms with Crippen LogP contribution in [0.3, 0.4) is 0 Å². The number of carbonyl (C=O) groups is 2. The zero-order chi connectivity index (χ0) is 20.3. The zero-order valence-corrected chi connectivity index (χ0v) is 17.1. The summed E-state index contributed by atoms with van der Waals surface area (Å²) >= 11 is 0. The van der Waals surface area contributed by atoms with Gasteiger partial charge < -0.3 is 4.74 Å². The van der Waals surface area contributed by atoms with Crippen molar-refractivity contribution in [2.24, 2.45) is 11.8 Å². The molecule has 4 heteroatoms. The molecule has 1 heterocycles. The van der Waals surface area contributed by atoms with Crippen LogP contribution in [0.25, 0.3) is 0 Å².